The molecule has 0 saturated heterocycles. The first-order valence-electron chi connectivity index (χ1n) is 22.1. The van der Waals surface area contributed by atoms with Gasteiger partial charge < -0.3 is 13.9 Å². The first-order chi connectivity index (χ1) is 31.8. The van der Waals surface area contributed by atoms with Crippen LogP contribution in [0.15, 0.2) is 235 Å². The third-order valence-corrected chi connectivity index (χ3v) is 14.0. The molecule has 10 aromatic carbocycles. The van der Waals surface area contributed by atoms with Gasteiger partial charge in [0.1, 0.15) is 5.58 Å². The summed E-state index contributed by atoms with van der Waals surface area (Å²) in [5.74, 6) is 0. The number of aromatic nitrogens is 1. The van der Waals surface area contributed by atoms with E-state index in [4.69, 9.17) is 4.42 Å². The van der Waals surface area contributed by atoms with Gasteiger partial charge in [-0.1, -0.05) is 170 Å². The van der Waals surface area contributed by atoms with E-state index in [0.29, 0.717) is 0 Å². The summed E-state index contributed by atoms with van der Waals surface area (Å²) in [4.78, 5) is 2.35. The molecule has 64 heavy (non-hydrogen) atoms. The Hall–Kier alpha value is -8.40. The van der Waals surface area contributed by atoms with E-state index in [1.165, 1.54) is 71.8 Å². The number of anilines is 3. The maximum absolute atomic E-state index is 7.13. The number of nitrogens with zero attached hydrogens (tertiary/aromatic N) is 2. The maximum Gasteiger partial charge on any atom is 0.159 e. The Morgan fingerprint density at radius 2 is 0.938 bits per heavy atom. The molecule has 0 atom stereocenters. The zero-order chi connectivity index (χ0) is 41.9. The van der Waals surface area contributed by atoms with E-state index in [1.807, 2.05) is 0 Å². The van der Waals surface area contributed by atoms with E-state index in [9.17, 15) is 0 Å². The molecule has 0 radical (unpaired) electrons. The third-order valence-electron chi connectivity index (χ3n) is 14.0. The summed E-state index contributed by atoms with van der Waals surface area (Å²) in [6, 6.07) is 84.1. The summed E-state index contributed by atoms with van der Waals surface area (Å²) in [7, 11) is 0. The van der Waals surface area contributed by atoms with Crippen molar-refractivity contribution in [3.05, 3.63) is 253 Å². The second-order valence-corrected chi connectivity index (χ2v) is 17.1. The van der Waals surface area contributed by atoms with Crippen molar-refractivity contribution in [3.63, 3.8) is 0 Å². The average Bonchev–Trinajstić information content (AvgIpc) is 4.09. The highest BCUT2D eigenvalue weighted by atomic mass is 16.3. The minimum atomic E-state index is -0.420. The van der Waals surface area contributed by atoms with Crippen LogP contribution in [0.25, 0.3) is 82.8 Å². The number of furan rings is 1. The molecule has 0 fully saturated rings. The molecule has 2 aliphatic carbocycles. The molecular formula is C61H38N2O. The Kier molecular flexibility index (Phi) is 7.32. The van der Waals surface area contributed by atoms with Crippen molar-refractivity contribution in [2.24, 2.45) is 0 Å². The van der Waals surface area contributed by atoms with Crippen molar-refractivity contribution in [3.8, 4) is 39.1 Å². The van der Waals surface area contributed by atoms with Crippen LogP contribution in [0, 0.1) is 0 Å². The van der Waals surface area contributed by atoms with Crippen LogP contribution in [-0.2, 0) is 5.41 Å². The normalized spacial score (nSPS) is 13.1. The minimum absolute atomic E-state index is 0.420. The predicted molar refractivity (Wildman–Crippen MR) is 264 cm³/mol. The molecule has 0 N–H and O–H groups in total. The largest absolute Gasteiger partial charge is 0.454 e. The molecule has 1 spiro atoms. The zero-order valence-corrected chi connectivity index (χ0v) is 34.7. The van der Waals surface area contributed by atoms with Gasteiger partial charge in [-0.25, -0.2) is 0 Å². The molecule has 3 heteroatoms. The van der Waals surface area contributed by atoms with E-state index < -0.39 is 5.41 Å². The number of rotatable bonds is 5. The van der Waals surface area contributed by atoms with E-state index in [2.05, 4.69) is 240 Å². The van der Waals surface area contributed by atoms with Gasteiger partial charge in [-0.2, -0.15) is 0 Å². The van der Waals surface area contributed by atoms with Gasteiger partial charge in [0.25, 0.3) is 0 Å². The van der Waals surface area contributed by atoms with E-state index in [-0.39, 0.29) is 0 Å². The SMILES string of the molecule is c1ccc(-c2ccc(N(c3ccccc3)c3ccc4c(c3)c3ccccc3n4-c3cccc4c3oc3ccc5c(c34)-c3ccccc3C53c4ccccc4-c4ccccc43)cc2)cc1. The molecule has 3 nitrogen and oxygen atoms in total. The van der Waals surface area contributed by atoms with E-state index in [0.717, 1.165) is 50.3 Å². The number of hydrogen-bond donors (Lipinski definition) is 0. The lowest BCUT2D eigenvalue weighted by molar-refractivity contribution is 0.666. The fourth-order valence-electron chi connectivity index (χ4n) is 11.4. The first-order valence-corrected chi connectivity index (χ1v) is 22.1. The Bertz CT molecular complexity index is 3790. The predicted octanol–water partition coefficient (Wildman–Crippen LogP) is 16.2. The molecule has 0 bridgehead atoms. The topological polar surface area (TPSA) is 21.3 Å². The van der Waals surface area contributed by atoms with Crippen LogP contribution in [0.4, 0.5) is 17.1 Å². The van der Waals surface area contributed by atoms with Crippen LogP contribution in [0.3, 0.4) is 0 Å². The smallest absolute Gasteiger partial charge is 0.159 e. The van der Waals surface area contributed by atoms with Gasteiger partial charge >= 0.3 is 0 Å². The number of fused-ring (bicyclic) bond motifs is 17. The van der Waals surface area contributed by atoms with Crippen molar-refractivity contribution >= 4 is 60.8 Å². The quantitative estimate of drug-likeness (QED) is 0.173. The van der Waals surface area contributed by atoms with Gasteiger partial charge in [-0.15, -0.1) is 0 Å². The van der Waals surface area contributed by atoms with Gasteiger partial charge in [0.05, 0.1) is 22.1 Å². The summed E-state index contributed by atoms with van der Waals surface area (Å²) >= 11 is 0. The van der Waals surface area contributed by atoms with Crippen LogP contribution in [-0.4, -0.2) is 4.57 Å². The van der Waals surface area contributed by atoms with Gasteiger partial charge in [0.2, 0.25) is 0 Å². The Morgan fingerprint density at radius 3 is 1.69 bits per heavy atom. The summed E-state index contributed by atoms with van der Waals surface area (Å²) in [6.07, 6.45) is 0. The molecule has 14 rings (SSSR count). The number of benzene rings is 10. The van der Waals surface area contributed by atoms with Crippen LogP contribution in [0.2, 0.25) is 0 Å². The lowest BCUT2D eigenvalue weighted by atomic mass is 9.70. The zero-order valence-electron chi connectivity index (χ0n) is 34.7. The fourth-order valence-corrected chi connectivity index (χ4v) is 11.4. The van der Waals surface area contributed by atoms with E-state index in [1.54, 1.807) is 0 Å². The van der Waals surface area contributed by atoms with Gasteiger partial charge in [-0.05, 0) is 116 Å². The van der Waals surface area contributed by atoms with Crippen molar-refractivity contribution in [1.29, 1.82) is 0 Å². The monoisotopic (exact) mass is 814 g/mol. The lowest BCUT2D eigenvalue weighted by Gasteiger charge is -2.30. The Labute approximate surface area is 370 Å². The molecular weight excluding hydrogens is 777 g/mol. The fraction of sp³-hybridized carbons (Fsp3) is 0.0164. The van der Waals surface area contributed by atoms with Crippen LogP contribution < -0.4 is 4.90 Å². The highest BCUT2D eigenvalue weighted by Gasteiger charge is 2.52. The van der Waals surface area contributed by atoms with Crippen molar-refractivity contribution in [2.75, 3.05) is 4.90 Å². The summed E-state index contributed by atoms with van der Waals surface area (Å²) in [5, 5.41) is 4.65. The molecule has 0 saturated carbocycles. The summed E-state index contributed by atoms with van der Waals surface area (Å²) in [5.41, 5.74) is 20.8. The molecule has 2 aromatic heterocycles. The highest BCUT2D eigenvalue weighted by Crippen LogP contribution is 2.64. The number of para-hydroxylation sites is 3. The Balaban J connectivity index is 0.975. The van der Waals surface area contributed by atoms with Crippen LogP contribution in [0.1, 0.15) is 22.3 Å². The molecule has 12 aromatic rings. The second kappa shape index (κ2) is 13.3. The van der Waals surface area contributed by atoms with Gasteiger partial charge in [0, 0.05) is 38.6 Å². The molecule has 0 aliphatic heterocycles. The standard InChI is InChI=1S/C61H38N2O/c1-3-16-39(17-4-1)40-30-32-42(33-31-40)62(41-18-5-2-6-19-41)43-34-36-55-49(38-43)46-22-10-14-28-54(46)63(55)56-29-15-24-48-59-57(64-60(48)56)37-35-53-58(59)47-23-9-13-27-52(47)61(53)50-25-11-7-20-44(50)45-21-8-12-26-51(45)61/h1-38H. The molecule has 0 amide bonds. The van der Waals surface area contributed by atoms with Gasteiger partial charge in [-0.3, -0.25) is 0 Å². The second-order valence-electron chi connectivity index (χ2n) is 17.1. The summed E-state index contributed by atoms with van der Waals surface area (Å²) in [6.45, 7) is 0. The van der Waals surface area contributed by atoms with Crippen molar-refractivity contribution in [2.45, 2.75) is 5.41 Å². The average molecular weight is 815 g/mol. The van der Waals surface area contributed by atoms with Gasteiger partial charge in [0.15, 0.2) is 5.58 Å². The molecule has 0 unspecified atom stereocenters. The first kappa shape index (κ1) is 35.2. The van der Waals surface area contributed by atoms with Crippen molar-refractivity contribution in [1.82, 2.24) is 4.57 Å². The Morgan fingerprint density at radius 1 is 0.375 bits per heavy atom. The van der Waals surface area contributed by atoms with Crippen LogP contribution >= 0.6 is 0 Å². The van der Waals surface area contributed by atoms with E-state index >= 15 is 0 Å². The molecule has 2 aliphatic rings. The molecule has 2 heterocycles. The van der Waals surface area contributed by atoms with Crippen LogP contribution in [0.5, 0.6) is 0 Å². The minimum Gasteiger partial charge on any atom is -0.454 e. The lowest BCUT2D eigenvalue weighted by Crippen LogP contribution is -2.25. The third kappa shape index (κ3) is 4.70. The molecule has 298 valence electrons. The van der Waals surface area contributed by atoms with Crippen molar-refractivity contribution < 1.29 is 4.42 Å². The highest BCUT2D eigenvalue weighted by molar-refractivity contribution is 6.19. The number of hydrogen-bond acceptors (Lipinski definition) is 2. The summed E-state index contributed by atoms with van der Waals surface area (Å²) < 4.78 is 9.53. The maximum atomic E-state index is 7.13.